The lowest BCUT2D eigenvalue weighted by atomic mass is 10.1. The number of hydrogen-bond acceptors (Lipinski definition) is 6. The molecule has 1 atom stereocenters. The second-order valence-electron chi connectivity index (χ2n) is 21.3. The van der Waals surface area contributed by atoms with Gasteiger partial charge in [-0.2, -0.15) is 0 Å². The highest BCUT2D eigenvalue weighted by molar-refractivity contribution is 5.71. The van der Waals surface area contributed by atoms with Crippen LogP contribution in [0.3, 0.4) is 0 Å². The Kier molecular flexibility index (Phi) is 61.8. The largest absolute Gasteiger partial charge is 0.462 e. The molecule has 0 rings (SSSR count). The lowest BCUT2D eigenvalue weighted by molar-refractivity contribution is -0.167. The van der Waals surface area contributed by atoms with Crippen LogP contribution in [0.4, 0.5) is 0 Å². The summed E-state index contributed by atoms with van der Waals surface area (Å²) in [5, 5.41) is 0. The van der Waals surface area contributed by atoms with E-state index in [1.165, 1.54) is 116 Å². The van der Waals surface area contributed by atoms with Crippen LogP contribution >= 0.6 is 0 Å². The maximum Gasteiger partial charge on any atom is 0.306 e. The first-order chi connectivity index (χ1) is 38.5. The van der Waals surface area contributed by atoms with E-state index in [0.29, 0.717) is 19.3 Å². The molecule has 0 aliphatic rings. The summed E-state index contributed by atoms with van der Waals surface area (Å²) in [5.41, 5.74) is 0. The average Bonchev–Trinajstić information content (AvgIpc) is 3.44. The van der Waals surface area contributed by atoms with Crippen LogP contribution in [0.1, 0.15) is 297 Å². The molecule has 0 aromatic heterocycles. The lowest BCUT2D eigenvalue weighted by Crippen LogP contribution is -2.30. The molecule has 0 N–H and O–H groups in total. The number of unbranched alkanes of at least 4 members (excludes halogenated alkanes) is 27. The van der Waals surface area contributed by atoms with Crippen molar-refractivity contribution >= 4 is 17.9 Å². The predicted octanol–water partition coefficient (Wildman–Crippen LogP) is 22.4. The Morgan fingerprint density at radius 2 is 0.500 bits per heavy atom. The molecular weight excluding hydrogens is 961 g/mol. The van der Waals surface area contributed by atoms with Gasteiger partial charge in [0.1, 0.15) is 13.2 Å². The smallest absolute Gasteiger partial charge is 0.306 e. The van der Waals surface area contributed by atoms with E-state index in [1.807, 2.05) is 0 Å². The monoisotopic (exact) mass is 1080 g/mol. The Labute approximate surface area is 482 Å². The molecule has 0 spiro atoms. The molecule has 1 unspecified atom stereocenters. The zero-order chi connectivity index (χ0) is 56.4. The van der Waals surface area contributed by atoms with E-state index in [4.69, 9.17) is 14.2 Å². The van der Waals surface area contributed by atoms with Crippen LogP contribution in [0.25, 0.3) is 0 Å². The van der Waals surface area contributed by atoms with Gasteiger partial charge < -0.3 is 14.2 Å². The molecule has 444 valence electrons. The predicted molar refractivity (Wildman–Crippen MR) is 339 cm³/mol. The van der Waals surface area contributed by atoms with Gasteiger partial charge in [-0.25, -0.2) is 0 Å². The number of carbonyl (C=O) groups excluding carboxylic acids is 3. The Bertz CT molecular complexity index is 1620. The minimum Gasteiger partial charge on any atom is -0.462 e. The number of esters is 3. The Morgan fingerprint density at radius 1 is 0.269 bits per heavy atom. The normalized spacial score (nSPS) is 12.9. The molecule has 0 heterocycles. The van der Waals surface area contributed by atoms with E-state index >= 15 is 0 Å². The highest BCUT2D eigenvalue weighted by Crippen LogP contribution is 2.15. The molecule has 6 heteroatoms. The summed E-state index contributed by atoms with van der Waals surface area (Å²) in [7, 11) is 0. The van der Waals surface area contributed by atoms with Crippen molar-refractivity contribution in [3.8, 4) is 0 Å². The first-order valence-corrected chi connectivity index (χ1v) is 32.5. The maximum absolute atomic E-state index is 12.9. The van der Waals surface area contributed by atoms with Crippen molar-refractivity contribution in [2.24, 2.45) is 0 Å². The van der Waals surface area contributed by atoms with Crippen LogP contribution in [0.15, 0.2) is 122 Å². The standard InChI is InChI=1S/C72H120O6/c1-4-7-10-13-16-19-22-25-27-29-30-31-32-33-34-35-36-37-38-39-40-41-42-43-45-47-50-53-56-59-62-65-71(74)77-68-69(67-76-70(73)64-61-58-55-52-49-46-24-21-18-15-12-9-6-3)78-72(75)66-63-60-57-54-51-48-44-28-26-23-20-17-14-11-8-5-2/h7,10,16,19-21,23-25,27-28,30-31,33-34,36-37,39-40,44,69H,4-6,8-9,11-15,17-18,22,26,29,32,35,38,41-43,45-68H2,1-3H3/b10-7-,19-16-,23-20-,24-21-,27-25-,31-30-,34-33-,37-36-,40-39-,44-28-. The minimum absolute atomic E-state index is 0.0906. The summed E-state index contributed by atoms with van der Waals surface area (Å²) in [6.07, 6.45) is 90.6. The van der Waals surface area contributed by atoms with Crippen LogP contribution in [0, 0.1) is 0 Å². The van der Waals surface area contributed by atoms with Crippen molar-refractivity contribution in [1.82, 2.24) is 0 Å². The van der Waals surface area contributed by atoms with Gasteiger partial charge in [-0.05, 0) is 135 Å². The number of rotatable bonds is 58. The average molecular weight is 1080 g/mol. The molecule has 0 bridgehead atoms. The summed E-state index contributed by atoms with van der Waals surface area (Å²) < 4.78 is 16.9. The van der Waals surface area contributed by atoms with Gasteiger partial charge in [0.15, 0.2) is 6.10 Å². The molecular formula is C72H120O6. The third-order valence-electron chi connectivity index (χ3n) is 13.7. The lowest BCUT2D eigenvalue weighted by Gasteiger charge is -2.18. The minimum atomic E-state index is -0.794. The fraction of sp³-hybridized carbons (Fsp3) is 0.681. The molecule has 78 heavy (non-hydrogen) atoms. The van der Waals surface area contributed by atoms with E-state index < -0.39 is 6.10 Å². The summed E-state index contributed by atoms with van der Waals surface area (Å²) in [6.45, 7) is 6.48. The summed E-state index contributed by atoms with van der Waals surface area (Å²) >= 11 is 0. The molecule has 0 fully saturated rings. The molecule has 6 nitrogen and oxygen atoms in total. The van der Waals surface area contributed by atoms with E-state index in [-0.39, 0.29) is 31.1 Å². The molecule has 0 radical (unpaired) electrons. The van der Waals surface area contributed by atoms with E-state index in [0.717, 1.165) is 141 Å². The quantitative estimate of drug-likeness (QED) is 0.0261. The molecule has 0 saturated carbocycles. The highest BCUT2D eigenvalue weighted by Gasteiger charge is 2.19. The van der Waals surface area contributed by atoms with Crippen LogP contribution in [-0.2, 0) is 28.6 Å². The Hall–Kier alpha value is -4.19. The molecule has 0 aliphatic heterocycles. The fourth-order valence-corrected chi connectivity index (χ4v) is 8.80. The number of ether oxygens (including phenoxy) is 3. The summed E-state index contributed by atoms with van der Waals surface area (Å²) in [4.78, 5) is 38.3. The highest BCUT2D eigenvalue weighted by atomic mass is 16.6. The van der Waals surface area contributed by atoms with Crippen molar-refractivity contribution in [3.05, 3.63) is 122 Å². The van der Waals surface area contributed by atoms with Gasteiger partial charge in [0, 0.05) is 19.3 Å². The van der Waals surface area contributed by atoms with Gasteiger partial charge in [0.2, 0.25) is 0 Å². The molecule has 0 amide bonds. The van der Waals surface area contributed by atoms with Gasteiger partial charge in [-0.15, -0.1) is 0 Å². The maximum atomic E-state index is 12.9. The summed E-state index contributed by atoms with van der Waals surface area (Å²) in [6, 6.07) is 0. The SMILES string of the molecule is CC/C=C\C/C=C\C/C=C\C/C=C\C/C=C\C/C=C\C/C=C\CCCCCCCCCCCC(=O)OCC(COC(=O)CCCCCCC/C=C\CCCCCC)OC(=O)CCCCCCC/C=C\C/C=C\CCCCCC. The van der Waals surface area contributed by atoms with Gasteiger partial charge in [0.25, 0.3) is 0 Å². The Morgan fingerprint density at radius 3 is 0.795 bits per heavy atom. The third kappa shape index (κ3) is 62.7. The van der Waals surface area contributed by atoms with Gasteiger partial charge in [-0.1, -0.05) is 264 Å². The molecule has 0 saturated heterocycles. The van der Waals surface area contributed by atoms with Crippen LogP contribution in [0.2, 0.25) is 0 Å². The van der Waals surface area contributed by atoms with Gasteiger partial charge in [0.05, 0.1) is 0 Å². The van der Waals surface area contributed by atoms with Crippen molar-refractivity contribution in [2.75, 3.05) is 13.2 Å². The topological polar surface area (TPSA) is 78.9 Å². The van der Waals surface area contributed by atoms with Crippen LogP contribution in [0.5, 0.6) is 0 Å². The third-order valence-corrected chi connectivity index (χ3v) is 13.7. The van der Waals surface area contributed by atoms with Crippen molar-refractivity contribution in [3.63, 3.8) is 0 Å². The molecule has 0 aliphatic carbocycles. The number of allylic oxidation sites excluding steroid dienone is 20. The van der Waals surface area contributed by atoms with Crippen molar-refractivity contribution in [2.45, 2.75) is 303 Å². The second-order valence-corrected chi connectivity index (χ2v) is 21.3. The first kappa shape index (κ1) is 73.8. The Balaban J connectivity index is 4.30. The fourth-order valence-electron chi connectivity index (χ4n) is 8.80. The van der Waals surface area contributed by atoms with Gasteiger partial charge in [-0.3, -0.25) is 14.4 Å². The van der Waals surface area contributed by atoms with Crippen molar-refractivity contribution in [1.29, 1.82) is 0 Å². The molecule has 0 aromatic rings. The van der Waals surface area contributed by atoms with E-state index in [9.17, 15) is 14.4 Å². The molecule has 0 aromatic carbocycles. The summed E-state index contributed by atoms with van der Waals surface area (Å²) in [5.74, 6) is -0.914. The number of carbonyl (C=O) groups is 3. The van der Waals surface area contributed by atoms with Crippen LogP contribution in [-0.4, -0.2) is 37.2 Å². The number of hydrogen-bond donors (Lipinski definition) is 0. The van der Waals surface area contributed by atoms with E-state index in [1.54, 1.807) is 0 Å². The van der Waals surface area contributed by atoms with Crippen LogP contribution < -0.4 is 0 Å². The zero-order valence-electron chi connectivity index (χ0n) is 50.9. The van der Waals surface area contributed by atoms with E-state index in [2.05, 4.69) is 142 Å². The van der Waals surface area contributed by atoms with Crippen molar-refractivity contribution < 1.29 is 28.6 Å². The zero-order valence-corrected chi connectivity index (χ0v) is 50.9. The first-order valence-electron chi connectivity index (χ1n) is 32.5. The van der Waals surface area contributed by atoms with Gasteiger partial charge >= 0.3 is 17.9 Å². The second kappa shape index (κ2) is 65.3.